The maximum Gasteiger partial charge on any atom is 0.410 e. The van der Waals surface area contributed by atoms with Crippen LogP contribution in [0.25, 0.3) is 0 Å². The molecular formula is C18H23FN4O3. The second kappa shape index (κ2) is 7.31. The Kier molecular flexibility index (Phi) is 5.11. The molecule has 1 amide bonds. The summed E-state index contributed by atoms with van der Waals surface area (Å²) in [5.74, 6) is 0.213. The molecule has 1 saturated heterocycles. The van der Waals surface area contributed by atoms with E-state index in [0.29, 0.717) is 44.4 Å². The molecule has 0 unspecified atom stereocenters. The van der Waals surface area contributed by atoms with E-state index in [4.69, 9.17) is 9.26 Å². The molecule has 3 rings (SSSR count). The highest BCUT2D eigenvalue weighted by Crippen LogP contribution is 2.17. The van der Waals surface area contributed by atoms with E-state index in [1.165, 1.54) is 12.1 Å². The molecule has 1 aliphatic rings. The molecule has 2 aromatic rings. The topological polar surface area (TPSA) is 71.7 Å². The number of rotatable bonds is 3. The lowest BCUT2D eigenvalue weighted by Crippen LogP contribution is -2.50. The Balaban J connectivity index is 1.55. The van der Waals surface area contributed by atoms with Crippen molar-refractivity contribution in [2.24, 2.45) is 0 Å². The molecule has 0 aliphatic carbocycles. The minimum Gasteiger partial charge on any atom is -0.444 e. The average molecular weight is 362 g/mol. The summed E-state index contributed by atoms with van der Waals surface area (Å²) in [6.45, 7) is 7.76. The number of carbonyl (C=O) groups is 1. The number of carbonyl (C=O) groups excluding carboxylic acids is 1. The second-order valence-electron chi connectivity index (χ2n) is 7.25. The van der Waals surface area contributed by atoms with E-state index in [1.54, 1.807) is 11.0 Å². The summed E-state index contributed by atoms with van der Waals surface area (Å²) in [5.41, 5.74) is 0.277. The van der Waals surface area contributed by atoms with Gasteiger partial charge in [0.05, 0.1) is 0 Å². The van der Waals surface area contributed by atoms with Crippen molar-refractivity contribution in [1.82, 2.24) is 15.0 Å². The molecule has 26 heavy (non-hydrogen) atoms. The van der Waals surface area contributed by atoms with E-state index in [-0.39, 0.29) is 11.9 Å². The fourth-order valence-corrected chi connectivity index (χ4v) is 2.68. The normalized spacial score (nSPS) is 15.2. The Morgan fingerprint density at radius 2 is 2.00 bits per heavy atom. The Bertz CT molecular complexity index is 764. The number of amides is 1. The molecule has 0 spiro atoms. The largest absolute Gasteiger partial charge is 0.444 e. The minimum absolute atomic E-state index is 0.288. The van der Waals surface area contributed by atoms with Crippen LogP contribution in [0.1, 0.15) is 32.2 Å². The molecule has 2 heterocycles. The molecule has 1 aromatic carbocycles. The van der Waals surface area contributed by atoms with Gasteiger partial charge in [0.2, 0.25) is 0 Å². The highest BCUT2D eigenvalue weighted by molar-refractivity contribution is 5.68. The van der Waals surface area contributed by atoms with Gasteiger partial charge >= 0.3 is 12.1 Å². The smallest absolute Gasteiger partial charge is 0.410 e. The zero-order valence-electron chi connectivity index (χ0n) is 15.2. The van der Waals surface area contributed by atoms with E-state index < -0.39 is 5.60 Å². The summed E-state index contributed by atoms with van der Waals surface area (Å²) in [6, 6.07) is 6.74. The van der Waals surface area contributed by atoms with E-state index in [1.807, 2.05) is 31.7 Å². The number of piperazine rings is 1. The fraction of sp³-hybridized carbons (Fsp3) is 0.500. The minimum atomic E-state index is -0.507. The van der Waals surface area contributed by atoms with Crippen LogP contribution in [-0.4, -0.2) is 52.9 Å². The first-order chi connectivity index (χ1) is 12.3. The molecule has 0 N–H and O–H groups in total. The molecule has 1 aliphatic heterocycles. The fourth-order valence-electron chi connectivity index (χ4n) is 2.68. The number of nitrogens with zero attached hydrogens (tertiary/aromatic N) is 4. The lowest BCUT2D eigenvalue weighted by Gasteiger charge is -2.34. The predicted molar refractivity (Wildman–Crippen MR) is 93.5 cm³/mol. The van der Waals surface area contributed by atoms with Crippen LogP contribution in [0.4, 0.5) is 15.2 Å². The maximum absolute atomic E-state index is 13.3. The van der Waals surface area contributed by atoms with Gasteiger partial charge in [0, 0.05) is 32.6 Å². The van der Waals surface area contributed by atoms with Gasteiger partial charge in [-0.3, -0.25) is 0 Å². The third-order valence-electron chi connectivity index (χ3n) is 3.91. The molecule has 1 fully saturated rings. The van der Waals surface area contributed by atoms with Crippen LogP contribution in [0.15, 0.2) is 28.8 Å². The standard InChI is InChI=1S/C18H23FN4O3/c1-18(2,3)25-17(24)23-9-7-22(8-10-23)16-20-15(21-26-16)12-13-5-4-6-14(19)11-13/h4-6,11H,7-10,12H2,1-3H3. The van der Waals surface area contributed by atoms with Crippen molar-refractivity contribution in [2.75, 3.05) is 31.1 Å². The van der Waals surface area contributed by atoms with E-state index >= 15 is 0 Å². The number of anilines is 1. The van der Waals surface area contributed by atoms with Gasteiger partial charge in [-0.2, -0.15) is 4.98 Å². The van der Waals surface area contributed by atoms with Crippen LogP contribution >= 0.6 is 0 Å². The van der Waals surface area contributed by atoms with E-state index in [2.05, 4.69) is 10.1 Å². The Morgan fingerprint density at radius 1 is 1.27 bits per heavy atom. The Morgan fingerprint density at radius 3 is 2.65 bits per heavy atom. The van der Waals surface area contributed by atoms with Crippen LogP contribution in [0, 0.1) is 5.82 Å². The van der Waals surface area contributed by atoms with E-state index in [9.17, 15) is 9.18 Å². The molecule has 0 atom stereocenters. The number of hydrogen-bond donors (Lipinski definition) is 0. The van der Waals surface area contributed by atoms with Crippen LogP contribution in [0.5, 0.6) is 0 Å². The van der Waals surface area contributed by atoms with Crippen molar-refractivity contribution in [3.8, 4) is 0 Å². The first-order valence-electron chi connectivity index (χ1n) is 8.60. The highest BCUT2D eigenvalue weighted by Gasteiger charge is 2.27. The molecule has 0 radical (unpaired) electrons. The summed E-state index contributed by atoms with van der Waals surface area (Å²) >= 11 is 0. The average Bonchev–Trinajstić information content (AvgIpc) is 3.02. The summed E-state index contributed by atoms with van der Waals surface area (Å²) in [5, 5.41) is 3.96. The van der Waals surface area contributed by atoms with Gasteiger partial charge in [-0.25, -0.2) is 9.18 Å². The van der Waals surface area contributed by atoms with Gasteiger partial charge in [0.15, 0.2) is 5.82 Å². The molecule has 0 bridgehead atoms. The number of aromatic nitrogens is 2. The lowest BCUT2D eigenvalue weighted by molar-refractivity contribution is 0.0238. The van der Waals surface area contributed by atoms with Crippen LogP contribution in [0.3, 0.4) is 0 Å². The van der Waals surface area contributed by atoms with E-state index in [0.717, 1.165) is 5.56 Å². The van der Waals surface area contributed by atoms with Gasteiger partial charge in [-0.15, -0.1) is 0 Å². The number of ether oxygens (including phenoxy) is 1. The van der Waals surface area contributed by atoms with Crippen molar-refractivity contribution in [1.29, 1.82) is 0 Å². The van der Waals surface area contributed by atoms with Gasteiger partial charge in [-0.1, -0.05) is 17.3 Å². The third-order valence-corrected chi connectivity index (χ3v) is 3.91. The van der Waals surface area contributed by atoms with Crippen LogP contribution < -0.4 is 4.90 Å². The summed E-state index contributed by atoms with van der Waals surface area (Å²) in [6.07, 6.45) is 0.0912. The molecule has 0 saturated carbocycles. The molecular weight excluding hydrogens is 339 g/mol. The van der Waals surface area contributed by atoms with Gasteiger partial charge in [0.1, 0.15) is 11.4 Å². The maximum atomic E-state index is 13.3. The van der Waals surface area contributed by atoms with Crippen molar-refractivity contribution < 1.29 is 18.4 Å². The first-order valence-corrected chi connectivity index (χ1v) is 8.60. The van der Waals surface area contributed by atoms with Crippen molar-refractivity contribution in [3.05, 3.63) is 41.5 Å². The van der Waals surface area contributed by atoms with Crippen molar-refractivity contribution in [2.45, 2.75) is 32.8 Å². The molecule has 1 aromatic heterocycles. The molecule has 8 heteroatoms. The van der Waals surface area contributed by atoms with Gasteiger partial charge < -0.3 is 19.1 Å². The number of halogens is 1. The second-order valence-corrected chi connectivity index (χ2v) is 7.25. The third kappa shape index (κ3) is 4.71. The molecule has 140 valence electrons. The monoisotopic (exact) mass is 362 g/mol. The highest BCUT2D eigenvalue weighted by atomic mass is 19.1. The van der Waals surface area contributed by atoms with Crippen LogP contribution in [0.2, 0.25) is 0 Å². The van der Waals surface area contributed by atoms with Gasteiger partial charge in [-0.05, 0) is 38.5 Å². The predicted octanol–water partition coefficient (Wildman–Crippen LogP) is 2.86. The summed E-state index contributed by atoms with van der Waals surface area (Å²) in [4.78, 5) is 20.1. The summed E-state index contributed by atoms with van der Waals surface area (Å²) < 4.78 is 24.0. The Hall–Kier alpha value is -2.64. The zero-order chi connectivity index (χ0) is 18.7. The van der Waals surface area contributed by atoms with Gasteiger partial charge in [0.25, 0.3) is 0 Å². The van der Waals surface area contributed by atoms with Crippen LogP contribution in [-0.2, 0) is 11.2 Å². The molecule has 7 nitrogen and oxygen atoms in total. The lowest BCUT2D eigenvalue weighted by atomic mass is 10.1. The quantitative estimate of drug-likeness (QED) is 0.836. The van der Waals surface area contributed by atoms with Crippen molar-refractivity contribution >= 4 is 12.1 Å². The Labute approximate surface area is 151 Å². The summed E-state index contributed by atoms with van der Waals surface area (Å²) in [7, 11) is 0. The zero-order valence-corrected chi connectivity index (χ0v) is 15.2. The van der Waals surface area contributed by atoms with Crippen molar-refractivity contribution in [3.63, 3.8) is 0 Å². The number of hydrogen-bond acceptors (Lipinski definition) is 6. The first kappa shape index (κ1) is 18.2. The SMILES string of the molecule is CC(C)(C)OC(=O)N1CCN(c2nc(Cc3cccc(F)c3)no2)CC1. The number of benzene rings is 1.